The lowest BCUT2D eigenvalue weighted by Gasteiger charge is -2.28. The second-order valence-electron chi connectivity index (χ2n) is 6.25. The molecule has 23 heavy (non-hydrogen) atoms. The first-order valence-electron chi connectivity index (χ1n) is 8.28. The Bertz CT molecular complexity index is 503. The first-order chi connectivity index (χ1) is 11.0. The highest BCUT2D eigenvalue weighted by atomic mass is 16.5. The van der Waals surface area contributed by atoms with Crippen LogP contribution in [0.25, 0.3) is 0 Å². The molecule has 1 aliphatic rings. The Hall–Kier alpha value is -1.66. The van der Waals surface area contributed by atoms with E-state index in [0.29, 0.717) is 6.54 Å². The van der Waals surface area contributed by atoms with Crippen LogP contribution < -0.4 is 5.32 Å². The van der Waals surface area contributed by atoms with Crippen molar-refractivity contribution >= 4 is 6.03 Å². The Morgan fingerprint density at radius 3 is 2.91 bits per heavy atom. The summed E-state index contributed by atoms with van der Waals surface area (Å²) in [6, 6.07) is 4.07. The van der Waals surface area contributed by atoms with E-state index in [1.165, 1.54) is 0 Å². The van der Waals surface area contributed by atoms with Crippen molar-refractivity contribution in [2.45, 2.75) is 32.9 Å². The number of ether oxygens (including phenoxy) is 1. The SMILES string of the molecule is Cc1cc(CN(C)C(=O)N[C@@H](C)CCN2CCOCC2)ccn1. The molecular formula is C17H28N4O2. The molecule has 1 aromatic heterocycles. The van der Waals surface area contributed by atoms with Crippen LogP contribution >= 0.6 is 0 Å². The standard InChI is InChI=1S/C17H28N4O2/c1-14(5-7-21-8-10-23-11-9-21)19-17(22)20(3)13-16-4-6-18-15(2)12-16/h4,6,12,14H,5,7-11,13H2,1-3H3,(H,19,22)/t14-/m0/s1. The van der Waals surface area contributed by atoms with Crippen LogP contribution in [0.3, 0.4) is 0 Å². The van der Waals surface area contributed by atoms with Crippen LogP contribution in [0.1, 0.15) is 24.6 Å². The topological polar surface area (TPSA) is 57.7 Å². The van der Waals surface area contributed by atoms with Gasteiger partial charge >= 0.3 is 6.03 Å². The van der Waals surface area contributed by atoms with Gasteiger partial charge in [-0.2, -0.15) is 0 Å². The number of rotatable bonds is 6. The molecule has 1 aliphatic heterocycles. The summed E-state index contributed by atoms with van der Waals surface area (Å²) in [5, 5.41) is 3.07. The number of pyridine rings is 1. The monoisotopic (exact) mass is 320 g/mol. The van der Waals surface area contributed by atoms with Crippen LogP contribution in [0, 0.1) is 6.92 Å². The van der Waals surface area contributed by atoms with Crippen LogP contribution in [-0.4, -0.2) is 66.8 Å². The van der Waals surface area contributed by atoms with Crippen LogP contribution in [0.4, 0.5) is 4.79 Å². The van der Waals surface area contributed by atoms with E-state index < -0.39 is 0 Å². The number of nitrogens with one attached hydrogen (secondary N) is 1. The molecule has 6 nitrogen and oxygen atoms in total. The van der Waals surface area contributed by atoms with Gasteiger partial charge < -0.3 is 15.0 Å². The summed E-state index contributed by atoms with van der Waals surface area (Å²) in [7, 11) is 1.82. The molecule has 1 fully saturated rings. The zero-order chi connectivity index (χ0) is 16.7. The van der Waals surface area contributed by atoms with Crippen LogP contribution in [0.2, 0.25) is 0 Å². The van der Waals surface area contributed by atoms with Crippen molar-refractivity contribution in [1.29, 1.82) is 0 Å². The van der Waals surface area contributed by atoms with Gasteiger partial charge in [0, 0.05) is 51.2 Å². The van der Waals surface area contributed by atoms with Gasteiger partial charge in [-0.25, -0.2) is 4.79 Å². The molecule has 0 bridgehead atoms. The predicted octanol–water partition coefficient (Wildman–Crippen LogP) is 1.64. The van der Waals surface area contributed by atoms with E-state index in [-0.39, 0.29) is 12.1 Å². The van der Waals surface area contributed by atoms with Crippen molar-refractivity contribution in [3.8, 4) is 0 Å². The van der Waals surface area contributed by atoms with Crippen molar-refractivity contribution in [2.24, 2.45) is 0 Å². The van der Waals surface area contributed by atoms with E-state index in [1.54, 1.807) is 11.1 Å². The van der Waals surface area contributed by atoms with E-state index in [9.17, 15) is 4.79 Å². The molecule has 6 heteroatoms. The first-order valence-corrected chi connectivity index (χ1v) is 8.28. The molecule has 1 aromatic rings. The number of hydrogen-bond donors (Lipinski definition) is 1. The minimum atomic E-state index is -0.0334. The maximum Gasteiger partial charge on any atom is 0.317 e. The van der Waals surface area contributed by atoms with Crippen molar-refractivity contribution in [3.63, 3.8) is 0 Å². The van der Waals surface area contributed by atoms with Crippen molar-refractivity contribution in [3.05, 3.63) is 29.6 Å². The molecule has 0 unspecified atom stereocenters. The second kappa shape index (κ2) is 8.84. The maximum atomic E-state index is 12.3. The Kier molecular flexibility index (Phi) is 6.80. The zero-order valence-electron chi connectivity index (χ0n) is 14.4. The Morgan fingerprint density at radius 2 is 2.22 bits per heavy atom. The smallest absolute Gasteiger partial charge is 0.317 e. The number of hydrogen-bond acceptors (Lipinski definition) is 4. The fourth-order valence-corrected chi connectivity index (χ4v) is 2.64. The van der Waals surface area contributed by atoms with Gasteiger partial charge in [0.2, 0.25) is 0 Å². The summed E-state index contributed by atoms with van der Waals surface area (Å²) in [4.78, 5) is 20.5. The van der Waals surface area contributed by atoms with Crippen molar-refractivity contribution in [2.75, 3.05) is 39.9 Å². The van der Waals surface area contributed by atoms with Gasteiger partial charge in [0.05, 0.1) is 13.2 Å². The van der Waals surface area contributed by atoms with Gasteiger partial charge in [0.1, 0.15) is 0 Å². The van der Waals surface area contributed by atoms with E-state index in [1.807, 2.05) is 26.1 Å². The highest BCUT2D eigenvalue weighted by Gasteiger charge is 2.15. The minimum absolute atomic E-state index is 0.0334. The number of aromatic nitrogens is 1. The summed E-state index contributed by atoms with van der Waals surface area (Å²) in [5.41, 5.74) is 2.06. The molecule has 1 saturated heterocycles. The molecule has 2 heterocycles. The quantitative estimate of drug-likeness (QED) is 0.866. The number of carbonyl (C=O) groups excluding carboxylic acids is 1. The molecule has 0 saturated carbocycles. The van der Waals surface area contributed by atoms with Gasteiger partial charge in [-0.15, -0.1) is 0 Å². The van der Waals surface area contributed by atoms with Gasteiger partial charge in [-0.05, 0) is 38.0 Å². The third-order valence-corrected chi connectivity index (χ3v) is 4.08. The molecule has 0 spiro atoms. The summed E-state index contributed by atoms with van der Waals surface area (Å²) in [5.74, 6) is 0. The lowest BCUT2D eigenvalue weighted by molar-refractivity contribution is 0.0364. The lowest BCUT2D eigenvalue weighted by Crippen LogP contribution is -2.44. The Morgan fingerprint density at radius 1 is 1.48 bits per heavy atom. The molecule has 0 radical (unpaired) electrons. The first kappa shape index (κ1) is 17.7. The highest BCUT2D eigenvalue weighted by molar-refractivity contribution is 5.74. The van der Waals surface area contributed by atoms with E-state index in [4.69, 9.17) is 4.74 Å². The van der Waals surface area contributed by atoms with Crippen LogP contribution in [0.5, 0.6) is 0 Å². The lowest BCUT2D eigenvalue weighted by atomic mass is 10.2. The highest BCUT2D eigenvalue weighted by Crippen LogP contribution is 2.05. The largest absolute Gasteiger partial charge is 0.379 e. The fourth-order valence-electron chi connectivity index (χ4n) is 2.64. The molecule has 1 N–H and O–H groups in total. The number of morpholine rings is 1. The van der Waals surface area contributed by atoms with Crippen LogP contribution in [-0.2, 0) is 11.3 Å². The van der Waals surface area contributed by atoms with Gasteiger partial charge in [-0.3, -0.25) is 9.88 Å². The van der Waals surface area contributed by atoms with Gasteiger partial charge in [0.25, 0.3) is 0 Å². The summed E-state index contributed by atoms with van der Waals surface area (Å²) >= 11 is 0. The molecule has 2 amide bonds. The third kappa shape index (κ3) is 6.15. The molecular weight excluding hydrogens is 292 g/mol. The normalized spacial score (nSPS) is 16.8. The molecule has 0 aliphatic carbocycles. The van der Waals surface area contributed by atoms with Gasteiger partial charge in [-0.1, -0.05) is 0 Å². The average molecular weight is 320 g/mol. The summed E-state index contributed by atoms with van der Waals surface area (Å²) in [6.45, 7) is 9.21. The van der Waals surface area contributed by atoms with E-state index in [2.05, 4.69) is 22.1 Å². The average Bonchev–Trinajstić information content (AvgIpc) is 2.54. The zero-order valence-corrected chi connectivity index (χ0v) is 14.4. The van der Waals surface area contributed by atoms with Crippen molar-refractivity contribution in [1.82, 2.24) is 20.1 Å². The van der Waals surface area contributed by atoms with Crippen molar-refractivity contribution < 1.29 is 9.53 Å². The number of nitrogens with zero attached hydrogens (tertiary/aromatic N) is 3. The Balaban J connectivity index is 1.71. The number of carbonyl (C=O) groups is 1. The second-order valence-corrected chi connectivity index (χ2v) is 6.25. The molecule has 128 valence electrons. The predicted molar refractivity (Wildman–Crippen MR) is 90.3 cm³/mol. The van der Waals surface area contributed by atoms with Gasteiger partial charge in [0.15, 0.2) is 0 Å². The molecule has 1 atom stereocenters. The van der Waals surface area contributed by atoms with Crippen LogP contribution in [0.15, 0.2) is 18.3 Å². The Labute approximate surface area is 138 Å². The number of amides is 2. The molecule has 2 rings (SSSR count). The summed E-state index contributed by atoms with van der Waals surface area (Å²) < 4.78 is 5.34. The fraction of sp³-hybridized carbons (Fsp3) is 0.647. The number of aryl methyl sites for hydroxylation is 1. The van der Waals surface area contributed by atoms with E-state index in [0.717, 1.165) is 50.5 Å². The maximum absolute atomic E-state index is 12.3. The van der Waals surface area contributed by atoms with E-state index >= 15 is 0 Å². The number of urea groups is 1. The molecule has 0 aromatic carbocycles. The summed E-state index contributed by atoms with van der Waals surface area (Å²) in [6.07, 6.45) is 2.73. The minimum Gasteiger partial charge on any atom is -0.379 e. The third-order valence-electron chi connectivity index (χ3n) is 4.08.